The van der Waals surface area contributed by atoms with Gasteiger partial charge in [-0.05, 0) is 56.0 Å². The lowest BCUT2D eigenvalue weighted by atomic mass is 10.1. The topological polar surface area (TPSA) is 17.0 Å². The van der Waals surface area contributed by atoms with E-state index in [0.29, 0.717) is 6.04 Å². The van der Waals surface area contributed by atoms with Crippen LogP contribution in [-0.2, 0) is 19.5 Å². The number of hydrogen-bond acceptors (Lipinski definition) is 1. The molecule has 0 aliphatic heterocycles. The van der Waals surface area contributed by atoms with Gasteiger partial charge in [0, 0.05) is 40.9 Å². The summed E-state index contributed by atoms with van der Waals surface area (Å²) in [6.07, 6.45) is 2.28. The number of nitrogens with zero attached hydrogens (tertiary/aromatic N) is 1. The highest BCUT2D eigenvalue weighted by Gasteiger charge is 2.10. The molecular weight excluding hydrogens is 328 g/mol. The van der Waals surface area contributed by atoms with Crippen molar-refractivity contribution >= 4 is 21.8 Å². The first-order valence-corrected chi connectivity index (χ1v) is 10.0. The summed E-state index contributed by atoms with van der Waals surface area (Å²) in [5, 5.41) is 6.42. The van der Waals surface area contributed by atoms with Crippen molar-refractivity contribution in [1.29, 1.82) is 0 Å². The Morgan fingerprint density at radius 3 is 2.37 bits per heavy atom. The molecule has 0 unspecified atom stereocenters. The molecule has 0 radical (unpaired) electrons. The van der Waals surface area contributed by atoms with Crippen LogP contribution in [0, 0.1) is 0 Å². The molecule has 4 aromatic rings. The van der Waals surface area contributed by atoms with E-state index >= 15 is 0 Å². The van der Waals surface area contributed by atoms with Crippen LogP contribution >= 0.6 is 0 Å². The molecule has 0 fully saturated rings. The number of para-hydroxylation sites is 1. The molecule has 1 N–H and O–H groups in total. The normalized spacial score (nSPS) is 12.7. The number of rotatable bonds is 7. The van der Waals surface area contributed by atoms with Gasteiger partial charge in [0.25, 0.3) is 0 Å². The van der Waals surface area contributed by atoms with Gasteiger partial charge in [-0.15, -0.1) is 0 Å². The molecule has 0 aliphatic rings. The second-order valence-corrected chi connectivity index (χ2v) is 7.42. The van der Waals surface area contributed by atoms with Gasteiger partial charge in [0.05, 0.1) is 0 Å². The zero-order chi connectivity index (χ0) is 18.6. The fourth-order valence-corrected chi connectivity index (χ4v) is 3.97. The summed E-state index contributed by atoms with van der Waals surface area (Å²) in [6.45, 7) is 6.41. The average Bonchev–Trinajstić information content (AvgIpc) is 3.04. The first kappa shape index (κ1) is 17.8. The average molecular weight is 357 g/mol. The molecule has 138 valence electrons. The monoisotopic (exact) mass is 356 g/mol. The van der Waals surface area contributed by atoms with E-state index in [4.69, 9.17) is 0 Å². The van der Waals surface area contributed by atoms with Crippen LogP contribution in [0.4, 0.5) is 0 Å². The summed E-state index contributed by atoms with van der Waals surface area (Å²) in [6, 6.07) is 26.9. The van der Waals surface area contributed by atoms with Crippen molar-refractivity contribution in [3.63, 3.8) is 0 Å². The fraction of sp³-hybridized carbons (Fsp3) is 0.280. The number of benzene rings is 3. The van der Waals surface area contributed by atoms with Crippen molar-refractivity contribution in [2.24, 2.45) is 0 Å². The fourth-order valence-electron chi connectivity index (χ4n) is 3.97. The molecule has 0 amide bonds. The Morgan fingerprint density at radius 1 is 0.815 bits per heavy atom. The largest absolute Gasteiger partial charge is 0.341 e. The van der Waals surface area contributed by atoms with Crippen molar-refractivity contribution in [2.45, 2.75) is 45.8 Å². The van der Waals surface area contributed by atoms with Gasteiger partial charge in [0.2, 0.25) is 0 Å². The summed E-state index contributed by atoms with van der Waals surface area (Å²) < 4.78 is 2.41. The number of nitrogens with one attached hydrogen (secondary N) is 1. The minimum absolute atomic E-state index is 0.498. The third-order valence-electron chi connectivity index (χ3n) is 5.52. The van der Waals surface area contributed by atoms with E-state index in [1.165, 1.54) is 32.9 Å². The molecule has 0 saturated heterocycles. The Bertz CT molecular complexity index is 1030. The summed E-state index contributed by atoms with van der Waals surface area (Å²) in [7, 11) is 0. The summed E-state index contributed by atoms with van der Waals surface area (Å²) in [4.78, 5) is 0. The second-order valence-electron chi connectivity index (χ2n) is 7.42. The molecule has 1 aromatic heterocycles. The summed E-state index contributed by atoms with van der Waals surface area (Å²) in [5.74, 6) is 0. The molecule has 0 saturated carbocycles. The first-order chi connectivity index (χ1) is 13.3. The van der Waals surface area contributed by atoms with Crippen LogP contribution in [0.2, 0.25) is 0 Å². The Kier molecular flexibility index (Phi) is 5.26. The van der Waals surface area contributed by atoms with Crippen LogP contribution in [0.25, 0.3) is 21.8 Å². The summed E-state index contributed by atoms with van der Waals surface area (Å²) >= 11 is 0. The van der Waals surface area contributed by atoms with Gasteiger partial charge >= 0.3 is 0 Å². The molecule has 0 aliphatic carbocycles. The second kappa shape index (κ2) is 7.98. The predicted molar refractivity (Wildman–Crippen MR) is 116 cm³/mol. The number of hydrogen-bond donors (Lipinski definition) is 1. The van der Waals surface area contributed by atoms with Gasteiger partial charge in [-0.1, -0.05) is 54.6 Å². The summed E-state index contributed by atoms with van der Waals surface area (Å²) in [5.41, 5.74) is 5.43. The Morgan fingerprint density at radius 2 is 1.56 bits per heavy atom. The van der Waals surface area contributed by atoms with Crippen molar-refractivity contribution in [1.82, 2.24) is 9.88 Å². The molecule has 3 aromatic carbocycles. The van der Waals surface area contributed by atoms with Crippen LogP contribution in [0.5, 0.6) is 0 Å². The van der Waals surface area contributed by atoms with Crippen LogP contribution in [0.1, 0.15) is 31.4 Å². The van der Waals surface area contributed by atoms with E-state index in [0.717, 1.165) is 25.9 Å². The zero-order valence-electron chi connectivity index (χ0n) is 16.3. The van der Waals surface area contributed by atoms with Gasteiger partial charge in [-0.2, -0.15) is 0 Å². The Hall–Kier alpha value is -2.58. The van der Waals surface area contributed by atoms with Gasteiger partial charge in [0.1, 0.15) is 0 Å². The lowest BCUT2D eigenvalue weighted by molar-refractivity contribution is 0.514. The lowest BCUT2D eigenvalue weighted by Crippen LogP contribution is -2.25. The van der Waals surface area contributed by atoms with Crippen molar-refractivity contribution in [3.8, 4) is 0 Å². The molecule has 2 nitrogen and oxygen atoms in total. The minimum atomic E-state index is 0.498. The molecule has 1 heterocycles. The van der Waals surface area contributed by atoms with Crippen LogP contribution in [0.15, 0.2) is 72.8 Å². The van der Waals surface area contributed by atoms with E-state index in [1.807, 2.05) is 0 Å². The maximum absolute atomic E-state index is 3.70. The van der Waals surface area contributed by atoms with Crippen molar-refractivity contribution in [3.05, 3.63) is 83.9 Å². The van der Waals surface area contributed by atoms with Crippen LogP contribution in [0.3, 0.4) is 0 Å². The van der Waals surface area contributed by atoms with Crippen molar-refractivity contribution in [2.75, 3.05) is 0 Å². The maximum Gasteiger partial charge on any atom is 0.0491 e. The highest BCUT2D eigenvalue weighted by Crippen LogP contribution is 2.29. The first-order valence-electron chi connectivity index (χ1n) is 10.0. The highest BCUT2D eigenvalue weighted by atomic mass is 15.0. The van der Waals surface area contributed by atoms with Crippen LogP contribution < -0.4 is 5.32 Å². The molecule has 0 spiro atoms. The third-order valence-corrected chi connectivity index (χ3v) is 5.52. The standard InChI is InChI=1S/C25H28N2/c1-3-27-24-12-8-7-11-22(24)23-17-21(15-16-25(23)27)18-26-19(2)13-14-20-9-5-4-6-10-20/h4-12,15-17,19,26H,3,13-14,18H2,1-2H3/t19-/m1/s1. The van der Waals surface area contributed by atoms with Gasteiger partial charge in [-0.25, -0.2) is 0 Å². The van der Waals surface area contributed by atoms with Crippen LogP contribution in [-0.4, -0.2) is 10.6 Å². The Labute approximate surface area is 161 Å². The molecule has 0 bridgehead atoms. The Balaban J connectivity index is 1.47. The van der Waals surface area contributed by atoms with E-state index < -0.39 is 0 Å². The SMILES string of the molecule is CCn1c2ccccc2c2cc(CN[C@H](C)CCc3ccccc3)ccc21. The third kappa shape index (κ3) is 3.77. The predicted octanol–water partition coefficient (Wildman–Crippen LogP) is 5.93. The molecule has 1 atom stereocenters. The molecule has 4 rings (SSSR count). The van der Waals surface area contributed by atoms with E-state index in [1.54, 1.807) is 0 Å². The highest BCUT2D eigenvalue weighted by molar-refractivity contribution is 6.08. The van der Waals surface area contributed by atoms with E-state index in [9.17, 15) is 0 Å². The van der Waals surface area contributed by atoms with E-state index in [2.05, 4.69) is 96.5 Å². The number of aromatic nitrogens is 1. The number of fused-ring (bicyclic) bond motifs is 3. The molecule has 27 heavy (non-hydrogen) atoms. The van der Waals surface area contributed by atoms with Gasteiger partial charge < -0.3 is 9.88 Å². The minimum Gasteiger partial charge on any atom is -0.341 e. The number of aryl methyl sites for hydroxylation is 2. The maximum atomic E-state index is 3.70. The van der Waals surface area contributed by atoms with Gasteiger partial charge in [-0.3, -0.25) is 0 Å². The smallest absolute Gasteiger partial charge is 0.0491 e. The quantitative estimate of drug-likeness (QED) is 0.434. The van der Waals surface area contributed by atoms with Crippen molar-refractivity contribution < 1.29 is 0 Å². The van der Waals surface area contributed by atoms with E-state index in [-0.39, 0.29) is 0 Å². The molecular formula is C25H28N2. The molecule has 2 heteroatoms. The zero-order valence-corrected chi connectivity index (χ0v) is 16.3. The lowest BCUT2D eigenvalue weighted by Gasteiger charge is -2.14. The van der Waals surface area contributed by atoms with Gasteiger partial charge in [0.15, 0.2) is 0 Å².